The molecular weight excluding hydrogens is 264 g/mol. The van der Waals surface area contributed by atoms with E-state index in [1.165, 1.54) is 24.0 Å². The average molecular weight is 301 g/mol. The van der Waals surface area contributed by atoms with Gasteiger partial charge >= 0.3 is 0 Å². The summed E-state index contributed by atoms with van der Waals surface area (Å²) in [7, 11) is 1.70. The van der Waals surface area contributed by atoms with E-state index in [2.05, 4.69) is 73.2 Å². The molecule has 0 N–H and O–H groups in total. The van der Waals surface area contributed by atoms with Gasteiger partial charge in [0.25, 0.3) is 0 Å². The monoisotopic (exact) mass is 300 g/mol. The van der Waals surface area contributed by atoms with Gasteiger partial charge in [0.05, 0.1) is 7.11 Å². The maximum Gasteiger partial charge on any atom is 0.119 e. The third-order valence-electron chi connectivity index (χ3n) is 2.07. The lowest BCUT2D eigenvalue weighted by Crippen LogP contribution is -1.99. The van der Waals surface area contributed by atoms with Crippen LogP contribution in [0.5, 0.6) is 5.75 Å². The van der Waals surface area contributed by atoms with Crippen LogP contribution in [0.4, 0.5) is 0 Å². The van der Waals surface area contributed by atoms with Crippen molar-refractivity contribution in [2.24, 2.45) is 0 Å². The highest BCUT2D eigenvalue weighted by molar-refractivity contribution is 7.81. The fourth-order valence-corrected chi connectivity index (χ4v) is 1.35. The van der Waals surface area contributed by atoms with Crippen molar-refractivity contribution in [3.05, 3.63) is 29.3 Å². The number of hydrogen-bond donors (Lipinski definition) is 1. The molecule has 1 aromatic carbocycles. The van der Waals surface area contributed by atoms with Gasteiger partial charge in [-0.25, -0.2) is 0 Å². The molecule has 20 heavy (non-hydrogen) atoms. The molecule has 0 amide bonds. The van der Waals surface area contributed by atoms with Crippen LogP contribution in [-0.4, -0.2) is 11.9 Å². The average Bonchev–Trinajstić information content (AvgIpc) is 2.31. The van der Waals surface area contributed by atoms with Gasteiger partial charge in [-0.2, -0.15) is 12.6 Å². The topological polar surface area (TPSA) is 9.23 Å². The number of methoxy groups -OCH3 is 1. The van der Waals surface area contributed by atoms with E-state index in [9.17, 15) is 0 Å². The maximum atomic E-state index is 5.13. The smallest absolute Gasteiger partial charge is 0.119 e. The van der Waals surface area contributed by atoms with Crippen molar-refractivity contribution in [3.63, 3.8) is 0 Å². The van der Waals surface area contributed by atoms with Gasteiger partial charge in [-0.1, -0.05) is 60.5 Å². The fraction of sp³-hybridized carbons (Fsp3) is 0.667. The zero-order chi connectivity index (χ0) is 16.2. The summed E-state index contributed by atoms with van der Waals surface area (Å²) in [6.07, 6.45) is 3.61. The third kappa shape index (κ3) is 15.4. The fourth-order valence-electron chi connectivity index (χ4n) is 1.35. The summed E-state index contributed by atoms with van der Waals surface area (Å²) in [5, 5.41) is 0. The molecule has 0 aliphatic heterocycles. The number of benzene rings is 1. The normalized spacial score (nSPS) is 9.85. The number of ether oxygens (including phenoxy) is 1. The first-order chi connectivity index (χ1) is 9.19. The number of thiol groups is 1. The molecule has 0 radical (unpaired) electrons. The molecule has 1 rings (SSSR count). The molecule has 0 saturated carbocycles. The Morgan fingerprint density at radius 2 is 1.60 bits per heavy atom. The summed E-state index contributed by atoms with van der Waals surface area (Å²) in [5.41, 5.74) is 2.76. The Bertz CT molecular complexity index is 340. The van der Waals surface area contributed by atoms with Crippen molar-refractivity contribution in [3.8, 4) is 5.75 Å². The first-order valence-corrected chi connectivity index (χ1v) is 8.00. The minimum atomic E-state index is 0. The Morgan fingerprint density at radius 1 is 1.15 bits per heavy atom. The lowest BCUT2D eigenvalue weighted by Gasteiger charge is -2.06. The van der Waals surface area contributed by atoms with Crippen LogP contribution in [0.25, 0.3) is 0 Å². The Hall–Kier alpha value is -0.630. The van der Waals surface area contributed by atoms with Crippen LogP contribution in [0.1, 0.15) is 66.9 Å². The van der Waals surface area contributed by atoms with E-state index in [1.807, 2.05) is 6.07 Å². The van der Waals surface area contributed by atoms with Gasteiger partial charge in [0.15, 0.2) is 0 Å². The molecule has 0 aliphatic rings. The van der Waals surface area contributed by atoms with Crippen molar-refractivity contribution in [1.82, 2.24) is 0 Å². The number of hydrogen-bond acceptors (Lipinski definition) is 2. The minimum Gasteiger partial charge on any atom is -0.497 e. The summed E-state index contributed by atoms with van der Waals surface area (Å²) >= 11 is 4.12. The molecule has 0 spiro atoms. The highest BCUT2D eigenvalue weighted by atomic mass is 32.1. The van der Waals surface area contributed by atoms with Gasteiger partial charge in [-0.3, -0.25) is 0 Å². The van der Waals surface area contributed by atoms with Crippen LogP contribution in [0.3, 0.4) is 0 Å². The largest absolute Gasteiger partial charge is 0.497 e. The van der Waals surface area contributed by atoms with Gasteiger partial charge in [0, 0.05) is 6.17 Å². The molecule has 0 saturated heterocycles. The maximum absolute atomic E-state index is 5.13. The van der Waals surface area contributed by atoms with Crippen molar-refractivity contribution in [1.29, 1.82) is 0 Å². The molecule has 0 aromatic heterocycles. The van der Waals surface area contributed by atoms with E-state index in [0.717, 1.165) is 12.2 Å². The second kappa shape index (κ2) is 12.1. The van der Waals surface area contributed by atoms with E-state index in [-0.39, 0.29) is 6.17 Å². The Kier molecular flexibility index (Phi) is 13.1. The van der Waals surface area contributed by atoms with Crippen molar-refractivity contribution in [2.45, 2.75) is 72.5 Å². The lowest BCUT2D eigenvalue weighted by molar-refractivity contribution is 0.414. The zero-order valence-corrected chi connectivity index (χ0v) is 15.6. The Morgan fingerprint density at radius 3 is 1.90 bits per heavy atom. The quantitative estimate of drug-likeness (QED) is 0.641. The molecule has 0 aliphatic carbocycles. The SMILES string of the molecule is CC(C)(C)S.CCC.CCCc1ccc(OC)cc1C.[HH]. The predicted molar refractivity (Wildman–Crippen MR) is 98.5 cm³/mol. The van der Waals surface area contributed by atoms with Gasteiger partial charge in [-0.15, -0.1) is 0 Å². The standard InChI is InChI=1S/C11H16O.C4H10S.C3H8.H2/c1-4-5-10-6-7-11(12-3)8-9(10)2;1-4(2,3)5;1-3-2;/h6-8H,4-5H2,1-3H3;5H,1-3H3;3H2,1-2H3;1H. The summed E-state index contributed by atoms with van der Waals surface area (Å²) < 4.78 is 5.32. The molecular formula is C18H36OS. The zero-order valence-electron chi connectivity index (χ0n) is 14.7. The molecule has 0 atom stereocenters. The van der Waals surface area contributed by atoms with Gasteiger partial charge in [0.2, 0.25) is 0 Å². The van der Waals surface area contributed by atoms with Crippen LogP contribution >= 0.6 is 12.6 Å². The molecule has 0 fully saturated rings. The number of aryl methyl sites for hydroxylation is 2. The van der Waals surface area contributed by atoms with Crippen LogP contribution < -0.4 is 4.74 Å². The second-order valence-electron chi connectivity index (χ2n) is 5.92. The Balaban J connectivity index is -0.000000305. The molecule has 1 nitrogen and oxygen atoms in total. The van der Waals surface area contributed by atoms with Crippen molar-refractivity contribution in [2.75, 3.05) is 7.11 Å². The molecule has 2 heteroatoms. The minimum absolute atomic E-state index is 0. The lowest BCUT2D eigenvalue weighted by atomic mass is 10.0. The van der Waals surface area contributed by atoms with Gasteiger partial charge in [0.1, 0.15) is 5.75 Å². The van der Waals surface area contributed by atoms with Gasteiger partial charge < -0.3 is 4.74 Å². The molecule has 0 unspecified atom stereocenters. The molecule has 1 aromatic rings. The van der Waals surface area contributed by atoms with E-state index >= 15 is 0 Å². The van der Waals surface area contributed by atoms with Crippen molar-refractivity contribution >= 4 is 12.6 Å². The second-order valence-corrected chi connectivity index (χ2v) is 7.26. The van der Waals surface area contributed by atoms with Crippen molar-refractivity contribution < 1.29 is 6.16 Å². The number of rotatable bonds is 3. The van der Waals surface area contributed by atoms with E-state index in [0.29, 0.717) is 0 Å². The summed E-state index contributed by atoms with van der Waals surface area (Å²) in [6, 6.07) is 6.26. The molecule has 120 valence electrons. The van der Waals surface area contributed by atoms with E-state index in [4.69, 9.17) is 4.74 Å². The van der Waals surface area contributed by atoms with Crippen LogP contribution in [0.15, 0.2) is 18.2 Å². The first-order valence-electron chi connectivity index (χ1n) is 7.55. The summed E-state index contributed by atoms with van der Waals surface area (Å²) in [4.78, 5) is 0. The van der Waals surface area contributed by atoms with E-state index in [1.54, 1.807) is 7.11 Å². The summed E-state index contributed by atoms with van der Waals surface area (Å²) in [5.74, 6) is 0.951. The first kappa shape index (κ1) is 21.7. The third-order valence-corrected chi connectivity index (χ3v) is 2.07. The van der Waals surface area contributed by atoms with Crippen LogP contribution in [0.2, 0.25) is 0 Å². The van der Waals surface area contributed by atoms with Crippen LogP contribution in [0, 0.1) is 6.92 Å². The Labute approximate surface area is 134 Å². The highest BCUT2D eigenvalue weighted by Crippen LogP contribution is 2.17. The van der Waals surface area contributed by atoms with Gasteiger partial charge in [-0.05, 0) is 36.6 Å². The predicted octanol–water partition coefficient (Wildman–Crippen LogP) is 6.33. The highest BCUT2D eigenvalue weighted by Gasteiger charge is 1.98. The van der Waals surface area contributed by atoms with E-state index < -0.39 is 0 Å². The summed E-state index contributed by atoms with van der Waals surface area (Å²) in [6.45, 7) is 14.7. The molecule has 0 bridgehead atoms. The molecule has 0 heterocycles. The van der Waals surface area contributed by atoms with Crippen LogP contribution in [-0.2, 0) is 6.42 Å².